The second-order valence-corrected chi connectivity index (χ2v) is 11.3. The van der Waals surface area contributed by atoms with Crippen molar-refractivity contribution in [2.45, 2.75) is 44.7 Å². The molecule has 0 aromatic heterocycles. The van der Waals surface area contributed by atoms with Crippen LogP contribution in [0, 0.1) is 0 Å². The van der Waals surface area contributed by atoms with Gasteiger partial charge in [-0.15, -0.1) is 0 Å². The van der Waals surface area contributed by atoms with Gasteiger partial charge in [-0.25, -0.2) is 0 Å². The normalized spacial score (nSPS) is 15.3. The van der Waals surface area contributed by atoms with Gasteiger partial charge in [0.15, 0.2) is 0 Å². The van der Waals surface area contributed by atoms with Crippen LogP contribution in [0.2, 0.25) is 0 Å². The monoisotopic (exact) mass is 663 g/mol. The first kappa shape index (κ1) is 38.6. The number of carboxylic acids is 3. The summed E-state index contributed by atoms with van der Waals surface area (Å²) in [5.74, 6) is -5.14. The Morgan fingerprint density at radius 2 is 1.17 bits per heavy atom. The third kappa shape index (κ3) is 17.0. The molecule has 1 atom stereocenters. The third-order valence-corrected chi connectivity index (χ3v) is 7.35. The zero-order valence-electron chi connectivity index (χ0n) is 26.3. The zero-order chi connectivity index (χ0) is 34.8. The van der Waals surface area contributed by atoms with Crippen LogP contribution in [-0.4, -0.2) is 143 Å². The summed E-state index contributed by atoms with van der Waals surface area (Å²) in [7, 11) is 0. The summed E-state index contributed by atoms with van der Waals surface area (Å²) in [4.78, 5) is 87.5. The number of nitrogens with one attached hydrogen (secondary N) is 3. The molecule has 0 spiro atoms. The van der Waals surface area contributed by atoms with Gasteiger partial charge < -0.3 is 37.0 Å². The summed E-state index contributed by atoms with van der Waals surface area (Å²) < 4.78 is 0. The van der Waals surface area contributed by atoms with Gasteiger partial charge >= 0.3 is 17.9 Å². The number of primary amides is 1. The van der Waals surface area contributed by atoms with Crippen molar-refractivity contribution in [1.29, 1.82) is 0 Å². The van der Waals surface area contributed by atoms with E-state index in [4.69, 9.17) is 10.8 Å². The van der Waals surface area contributed by atoms with Gasteiger partial charge in [0.05, 0.1) is 19.5 Å². The molecule has 0 radical (unpaired) electrons. The zero-order valence-corrected chi connectivity index (χ0v) is 26.3. The SMILES string of the molecule is NC(=O)CCNC(=O)CCNC(=O)[C@H](CCC(=O)O)NC(=O)Cc1ccc(CN2CCN(CC(=O)O)CCN(CC(=O)O)CC2)cc1. The van der Waals surface area contributed by atoms with E-state index in [1.807, 2.05) is 12.1 Å². The van der Waals surface area contributed by atoms with Crippen LogP contribution in [0.3, 0.4) is 0 Å². The van der Waals surface area contributed by atoms with Crippen LogP contribution in [-0.2, 0) is 46.5 Å². The van der Waals surface area contributed by atoms with Crippen LogP contribution in [0.15, 0.2) is 24.3 Å². The molecule has 8 N–H and O–H groups in total. The van der Waals surface area contributed by atoms with Gasteiger partial charge in [0.1, 0.15) is 6.04 Å². The second-order valence-electron chi connectivity index (χ2n) is 11.3. The summed E-state index contributed by atoms with van der Waals surface area (Å²) >= 11 is 0. The smallest absolute Gasteiger partial charge is 0.317 e. The fourth-order valence-corrected chi connectivity index (χ4v) is 4.86. The lowest BCUT2D eigenvalue weighted by atomic mass is 10.1. The van der Waals surface area contributed by atoms with Crippen molar-refractivity contribution in [2.75, 3.05) is 65.4 Å². The Kier molecular flexibility index (Phi) is 16.8. The number of carboxylic acid groups (broad SMARTS) is 3. The molecule has 1 saturated heterocycles. The first-order chi connectivity index (χ1) is 22.3. The highest BCUT2D eigenvalue weighted by Crippen LogP contribution is 2.11. The number of nitrogens with zero attached hydrogens (tertiary/aromatic N) is 3. The Labute approximate surface area is 272 Å². The first-order valence-corrected chi connectivity index (χ1v) is 15.3. The Morgan fingerprint density at radius 3 is 1.68 bits per heavy atom. The standard InChI is InChI=1S/C30H45N7O10/c31-24(38)7-9-32-25(39)8-10-33-30(47)23(5-6-27(41)42)34-26(40)17-21-1-3-22(4-2-21)18-35-11-13-36(19-28(43)44)15-16-37(14-12-35)20-29(45)46/h1-4,23H,5-20H2,(H2,31,38)(H,32,39)(H,33,47)(H,34,40)(H,41,42)(H,43,44)(H,45,46)/t23-/m0/s1. The lowest BCUT2D eigenvalue weighted by molar-refractivity contribution is -0.140. The average molecular weight is 664 g/mol. The fourth-order valence-electron chi connectivity index (χ4n) is 4.86. The molecule has 0 bridgehead atoms. The predicted octanol–water partition coefficient (Wildman–Crippen LogP) is -2.33. The maximum Gasteiger partial charge on any atom is 0.317 e. The van der Waals surface area contributed by atoms with Crippen molar-refractivity contribution in [1.82, 2.24) is 30.7 Å². The van der Waals surface area contributed by atoms with Gasteiger partial charge in [-0.1, -0.05) is 24.3 Å². The molecule has 1 fully saturated rings. The largest absolute Gasteiger partial charge is 0.481 e. The van der Waals surface area contributed by atoms with E-state index in [0.29, 0.717) is 51.4 Å². The number of hydrogen-bond donors (Lipinski definition) is 7. The van der Waals surface area contributed by atoms with Crippen molar-refractivity contribution >= 4 is 41.5 Å². The van der Waals surface area contributed by atoms with Crippen molar-refractivity contribution in [3.63, 3.8) is 0 Å². The molecular formula is C30H45N7O10. The molecule has 17 heteroatoms. The number of aliphatic carboxylic acids is 3. The van der Waals surface area contributed by atoms with E-state index in [2.05, 4.69) is 20.9 Å². The topological polar surface area (TPSA) is 252 Å². The van der Waals surface area contributed by atoms with Crippen LogP contribution in [0.5, 0.6) is 0 Å². The summed E-state index contributed by atoms with van der Waals surface area (Å²) in [5.41, 5.74) is 6.60. The van der Waals surface area contributed by atoms with Gasteiger partial charge in [0.25, 0.3) is 0 Å². The first-order valence-electron chi connectivity index (χ1n) is 15.3. The summed E-state index contributed by atoms with van der Waals surface area (Å²) in [6.45, 7) is 3.32. The Balaban J connectivity index is 1.94. The minimum absolute atomic E-state index is 0.0212. The van der Waals surface area contributed by atoms with Crippen molar-refractivity contribution in [3.8, 4) is 0 Å². The van der Waals surface area contributed by atoms with Gasteiger partial charge in [-0.3, -0.25) is 48.3 Å². The Hall–Kier alpha value is -4.61. The van der Waals surface area contributed by atoms with Crippen LogP contribution in [0.25, 0.3) is 0 Å². The number of nitrogens with two attached hydrogens (primary N) is 1. The molecule has 1 heterocycles. The summed E-state index contributed by atoms with van der Waals surface area (Å²) in [6.07, 6.45) is -0.696. The number of rotatable bonds is 19. The number of benzene rings is 1. The van der Waals surface area contributed by atoms with Gasteiger partial charge in [-0.2, -0.15) is 0 Å². The van der Waals surface area contributed by atoms with Crippen LogP contribution in [0.4, 0.5) is 0 Å². The lowest BCUT2D eigenvalue weighted by Gasteiger charge is -2.25. The molecule has 1 aliphatic rings. The van der Waals surface area contributed by atoms with Crippen LogP contribution < -0.4 is 21.7 Å². The highest BCUT2D eigenvalue weighted by molar-refractivity contribution is 5.89. The Bertz CT molecular complexity index is 1220. The molecule has 1 aliphatic heterocycles. The minimum Gasteiger partial charge on any atom is -0.481 e. The number of carbonyl (C=O) groups is 7. The molecule has 4 amide bonds. The fraction of sp³-hybridized carbons (Fsp3) is 0.567. The molecule has 2 rings (SSSR count). The van der Waals surface area contributed by atoms with E-state index in [9.17, 15) is 43.8 Å². The molecule has 0 unspecified atom stereocenters. The molecule has 1 aromatic carbocycles. The quantitative estimate of drug-likeness (QED) is 0.0821. The number of carbonyl (C=O) groups excluding carboxylic acids is 4. The molecular weight excluding hydrogens is 618 g/mol. The molecule has 1 aromatic rings. The maximum atomic E-state index is 12.8. The van der Waals surface area contributed by atoms with Gasteiger partial charge in [-0.05, 0) is 17.5 Å². The molecule has 47 heavy (non-hydrogen) atoms. The third-order valence-electron chi connectivity index (χ3n) is 7.35. The minimum atomic E-state index is -1.14. The number of hydrogen-bond acceptors (Lipinski definition) is 10. The van der Waals surface area contributed by atoms with Crippen LogP contribution >= 0.6 is 0 Å². The number of amides is 4. The van der Waals surface area contributed by atoms with Crippen LogP contribution in [0.1, 0.15) is 36.8 Å². The predicted molar refractivity (Wildman–Crippen MR) is 167 cm³/mol. The van der Waals surface area contributed by atoms with Crippen molar-refractivity contribution in [3.05, 3.63) is 35.4 Å². The highest BCUT2D eigenvalue weighted by Gasteiger charge is 2.23. The van der Waals surface area contributed by atoms with E-state index in [0.717, 1.165) is 5.56 Å². The van der Waals surface area contributed by atoms with Gasteiger partial charge in [0, 0.05) is 78.2 Å². The molecule has 17 nitrogen and oxygen atoms in total. The van der Waals surface area contributed by atoms with Crippen molar-refractivity contribution < 1.29 is 48.9 Å². The van der Waals surface area contributed by atoms with E-state index >= 15 is 0 Å². The molecule has 260 valence electrons. The summed E-state index contributed by atoms with van der Waals surface area (Å²) in [5, 5.41) is 35.2. The second kappa shape index (κ2) is 20.5. The van der Waals surface area contributed by atoms with E-state index in [1.165, 1.54) is 0 Å². The van der Waals surface area contributed by atoms with E-state index in [-0.39, 0.29) is 58.3 Å². The van der Waals surface area contributed by atoms with Gasteiger partial charge in [0.2, 0.25) is 23.6 Å². The summed E-state index contributed by atoms with van der Waals surface area (Å²) in [6, 6.07) is 6.10. The maximum absolute atomic E-state index is 12.8. The van der Waals surface area contributed by atoms with E-state index in [1.54, 1.807) is 21.9 Å². The average Bonchev–Trinajstić information content (AvgIpc) is 3.06. The molecule has 0 aliphatic carbocycles. The molecule has 0 saturated carbocycles. The lowest BCUT2D eigenvalue weighted by Crippen LogP contribution is -2.48. The van der Waals surface area contributed by atoms with Crippen molar-refractivity contribution in [2.24, 2.45) is 5.73 Å². The highest BCUT2D eigenvalue weighted by atomic mass is 16.4. The van der Waals surface area contributed by atoms with E-state index < -0.39 is 47.6 Å². The Morgan fingerprint density at radius 1 is 0.660 bits per heavy atom.